The quantitative estimate of drug-likeness (QED) is 0.686. The second-order valence-electron chi connectivity index (χ2n) is 7.86. The van der Waals surface area contributed by atoms with Crippen LogP contribution in [0.25, 0.3) is 0 Å². The lowest BCUT2D eigenvalue weighted by molar-refractivity contribution is -0.124. The van der Waals surface area contributed by atoms with Gasteiger partial charge in [0.25, 0.3) is 5.91 Å². The molecule has 0 aliphatic heterocycles. The molecule has 5 nitrogen and oxygen atoms in total. The van der Waals surface area contributed by atoms with Crippen molar-refractivity contribution in [3.8, 4) is 11.5 Å². The lowest BCUT2D eigenvalue weighted by atomic mass is 9.95. The first-order valence-electron chi connectivity index (χ1n) is 9.32. The van der Waals surface area contributed by atoms with E-state index >= 15 is 0 Å². The molecule has 0 atom stereocenters. The van der Waals surface area contributed by atoms with Gasteiger partial charge in [-0.15, -0.1) is 0 Å². The van der Waals surface area contributed by atoms with Gasteiger partial charge in [-0.2, -0.15) is 0 Å². The van der Waals surface area contributed by atoms with Crippen LogP contribution in [0.4, 0.5) is 0 Å². The molecule has 0 unspecified atom stereocenters. The maximum absolute atomic E-state index is 12.1. The van der Waals surface area contributed by atoms with E-state index in [2.05, 4.69) is 26.6 Å². The molecule has 0 heterocycles. The van der Waals surface area contributed by atoms with Gasteiger partial charge in [0, 0.05) is 28.2 Å². The Kier molecular flexibility index (Phi) is 7.77. The highest BCUT2D eigenvalue weighted by Gasteiger charge is 2.20. The van der Waals surface area contributed by atoms with E-state index in [9.17, 15) is 4.79 Å². The number of amides is 1. The molecule has 146 valence electrons. The Hall–Kier alpha value is -1.27. The topological polar surface area (TPSA) is 59.6 Å². The Morgan fingerprint density at radius 2 is 1.92 bits per heavy atom. The van der Waals surface area contributed by atoms with Crippen LogP contribution < -0.4 is 20.1 Å². The smallest absolute Gasteiger partial charge is 0.258 e. The van der Waals surface area contributed by atoms with Crippen LogP contribution >= 0.6 is 15.9 Å². The Morgan fingerprint density at radius 3 is 2.54 bits per heavy atom. The molecule has 0 aromatic heterocycles. The predicted octanol–water partition coefficient (Wildman–Crippen LogP) is 4.17. The van der Waals surface area contributed by atoms with Crippen molar-refractivity contribution in [2.45, 2.75) is 71.0 Å². The highest BCUT2D eigenvalue weighted by Crippen LogP contribution is 2.36. The fraction of sp³-hybridized carbons (Fsp3) is 0.650. The van der Waals surface area contributed by atoms with Crippen molar-refractivity contribution in [1.29, 1.82) is 0 Å². The predicted molar refractivity (Wildman–Crippen MR) is 108 cm³/mol. The first-order chi connectivity index (χ1) is 12.3. The van der Waals surface area contributed by atoms with E-state index in [-0.39, 0.29) is 18.1 Å². The molecule has 2 N–H and O–H groups in total. The minimum Gasteiger partial charge on any atom is -0.493 e. The highest BCUT2D eigenvalue weighted by molar-refractivity contribution is 9.10. The zero-order valence-electron chi connectivity index (χ0n) is 16.3. The first-order valence-corrected chi connectivity index (χ1v) is 10.1. The van der Waals surface area contributed by atoms with Crippen molar-refractivity contribution < 1.29 is 14.3 Å². The van der Waals surface area contributed by atoms with E-state index in [1.54, 1.807) is 7.11 Å². The van der Waals surface area contributed by atoms with Gasteiger partial charge in [0.05, 0.1) is 7.11 Å². The molecule has 0 radical (unpaired) electrons. The maximum atomic E-state index is 12.1. The SMILES string of the molecule is COc1ccc(Br)c(CNC2CCCCC2)c1OCC(=O)NC(C)(C)C. The molecule has 1 aromatic rings. The third-order valence-electron chi connectivity index (χ3n) is 4.42. The van der Waals surface area contributed by atoms with E-state index in [0.717, 1.165) is 10.0 Å². The van der Waals surface area contributed by atoms with Crippen LogP contribution in [-0.2, 0) is 11.3 Å². The Labute approximate surface area is 165 Å². The van der Waals surface area contributed by atoms with Crippen LogP contribution in [0.15, 0.2) is 16.6 Å². The van der Waals surface area contributed by atoms with E-state index in [1.807, 2.05) is 32.9 Å². The van der Waals surface area contributed by atoms with Crippen molar-refractivity contribution >= 4 is 21.8 Å². The summed E-state index contributed by atoms with van der Waals surface area (Å²) in [5.74, 6) is 1.11. The molecular formula is C20H31BrN2O3. The van der Waals surface area contributed by atoms with Gasteiger partial charge in [0.1, 0.15) is 0 Å². The van der Waals surface area contributed by atoms with Gasteiger partial charge in [-0.1, -0.05) is 35.2 Å². The Balaban J connectivity index is 2.09. The molecule has 26 heavy (non-hydrogen) atoms. The monoisotopic (exact) mass is 426 g/mol. The summed E-state index contributed by atoms with van der Waals surface area (Å²) in [7, 11) is 1.61. The number of rotatable bonds is 7. The molecule has 2 rings (SSSR count). The molecular weight excluding hydrogens is 396 g/mol. The summed E-state index contributed by atoms with van der Waals surface area (Å²) in [6.07, 6.45) is 6.33. The Bertz CT molecular complexity index is 608. The molecule has 6 heteroatoms. The largest absolute Gasteiger partial charge is 0.493 e. The number of hydrogen-bond donors (Lipinski definition) is 2. The van der Waals surface area contributed by atoms with Crippen LogP contribution in [0.2, 0.25) is 0 Å². The number of benzene rings is 1. The van der Waals surface area contributed by atoms with Crippen LogP contribution in [-0.4, -0.2) is 31.2 Å². The van der Waals surface area contributed by atoms with Gasteiger partial charge in [0.15, 0.2) is 18.1 Å². The van der Waals surface area contributed by atoms with Crippen molar-refractivity contribution in [2.24, 2.45) is 0 Å². The lowest BCUT2D eigenvalue weighted by Gasteiger charge is -2.24. The van der Waals surface area contributed by atoms with Gasteiger partial charge >= 0.3 is 0 Å². The van der Waals surface area contributed by atoms with Crippen LogP contribution in [0.3, 0.4) is 0 Å². The van der Waals surface area contributed by atoms with Crippen LogP contribution in [0.1, 0.15) is 58.4 Å². The fourth-order valence-electron chi connectivity index (χ4n) is 3.21. The van der Waals surface area contributed by atoms with Gasteiger partial charge in [0.2, 0.25) is 0 Å². The summed E-state index contributed by atoms with van der Waals surface area (Å²) in [5.41, 5.74) is 0.700. The fourth-order valence-corrected chi connectivity index (χ4v) is 3.66. The molecule has 0 saturated heterocycles. The van der Waals surface area contributed by atoms with E-state index in [4.69, 9.17) is 9.47 Å². The van der Waals surface area contributed by atoms with Gasteiger partial charge in [-0.3, -0.25) is 4.79 Å². The summed E-state index contributed by atoms with van der Waals surface area (Å²) in [4.78, 5) is 12.1. The van der Waals surface area contributed by atoms with Crippen molar-refractivity contribution in [3.05, 3.63) is 22.2 Å². The summed E-state index contributed by atoms with van der Waals surface area (Å²) < 4.78 is 12.3. The van der Waals surface area contributed by atoms with E-state index in [0.29, 0.717) is 24.1 Å². The van der Waals surface area contributed by atoms with Gasteiger partial charge in [-0.05, 0) is 45.7 Å². The van der Waals surface area contributed by atoms with Crippen molar-refractivity contribution in [3.63, 3.8) is 0 Å². The highest BCUT2D eigenvalue weighted by atomic mass is 79.9. The normalized spacial score (nSPS) is 15.6. The molecule has 1 amide bonds. The van der Waals surface area contributed by atoms with Crippen molar-refractivity contribution in [2.75, 3.05) is 13.7 Å². The average molecular weight is 427 g/mol. The van der Waals surface area contributed by atoms with E-state index in [1.165, 1.54) is 32.1 Å². The van der Waals surface area contributed by atoms with E-state index < -0.39 is 0 Å². The number of nitrogens with one attached hydrogen (secondary N) is 2. The molecule has 0 spiro atoms. The van der Waals surface area contributed by atoms with Crippen molar-refractivity contribution in [1.82, 2.24) is 10.6 Å². The standard InChI is InChI=1S/C20H31BrN2O3/c1-20(2,3)23-18(24)13-26-19-15(16(21)10-11-17(19)25-4)12-22-14-8-6-5-7-9-14/h10-11,14,22H,5-9,12-13H2,1-4H3,(H,23,24). The average Bonchev–Trinajstić information content (AvgIpc) is 2.58. The zero-order valence-corrected chi connectivity index (χ0v) is 17.9. The third-order valence-corrected chi connectivity index (χ3v) is 5.16. The van der Waals surface area contributed by atoms with Gasteiger partial charge in [-0.25, -0.2) is 0 Å². The minimum atomic E-state index is -0.285. The summed E-state index contributed by atoms with van der Waals surface area (Å²) >= 11 is 3.62. The van der Waals surface area contributed by atoms with Crippen LogP contribution in [0.5, 0.6) is 11.5 Å². The number of hydrogen-bond acceptors (Lipinski definition) is 4. The van der Waals surface area contributed by atoms with Crippen LogP contribution in [0, 0.1) is 0 Å². The molecule has 1 aliphatic carbocycles. The number of carbonyl (C=O) groups is 1. The zero-order chi connectivity index (χ0) is 19.2. The molecule has 1 saturated carbocycles. The number of carbonyl (C=O) groups excluding carboxylic acids is 1. The third kappa shape index (κ3) is 6.47. The minimum absolute atomic E-state index is 0.0412. The summed E-state index contributed by atoms with van der Waals surface area (Å²) in [5, 5.41) is 6.54. The Morgan fingerprint density at radius 1 is 1.23 bits per heavy atom. The number of halogens is 1. The van der Waals surface area contributed by atoms with Gasteiger partial charge < -0.3 is 20.1 Å². The second-order valence-corrected chi connectivity index (χ2v) is 8.71. The summed E-state index contributed by atoms with van der Waals surface area (Å²) in [6, 6.07) is 4.35. The molecule has 1 aromatic carbocycles. The molecule has 1 fully saturated rings. The summed E-state index contributed by atoms with van der Waals surface area (Å²) in [6.45, 7) is 6.48. The molecule has 1 aliphatic rings. The maximum Gasteiger partial charge on any atom is 0.258 e. The second kappa shape index (κ2) is 9.60. The number of methoxy groups -OCH3 is 1. The molecule has 0 bridgehead atoms. The number of ether oxygens (including phenoxy) is 2. The lowest BCUT2D eigenvalue weighted by Crippen LogP contribution is -2.43. The first kappa shape index (κ1) is 21.0.